The maximum absolute atomic E-state index is 11.2. The summed E-state index contributed by atoms with van der Waals surface area (Å²) in [4.78, 5) is 10.4. The molecular formula is C7H14O5S2. The second kappa shape index (κ2) is 5.45. The lowest BCUT2D eigenvalue weighted by atomic mass is 10.2. The molecule has 2 unspecified atom stereocenters. The van der Waals surface area contributed by atoms with Gasteiger partial charge in [0, 0.05) is 28.6 Å². The van der Waals surface area contributed by atoms with Gasteiger partial charge in [-0.15, -0.1) is 0 Å². The highest BCUT2D eigenvalue weighted by Crippen LogP contribution is 1.99. The molecule has 84 valence electrons. The van der Waals surface area contributed by atoms with E-state index < -0.39 is 32.5 Å². The van der Waals surface area contributed by atoms with Crippen LogP contribution < -0.4 is 0 Å². The van der Waals surface area contributed by atoms with Gasteiger partial charge in [-0.2, -0.15) is 0 Å². The van der Waals surface area contributed by atoms with Crippen LogP contribution in [0.25, 0.3) is 0 Å². The Morgan fingerprint density at radius 3 is 2.36 bits per heavy atom. The number of aliphatic carboxylic acids is 1. The van der Waals surface area contributed by atoms with Gasteiger partial charge in [0.05, 0.1) is 11.7 Å². The number of carboxylic acid groups (broad SMARTS) is 1. The molecular weight excluding hydrogens is 228 g/mol. The second-order valence-corrected chi connectivity index (χ2v) is 7.06. The molecule has 2 atom stereocenters. The van der Waals surface area contributed by atoms with Crippen molar-refractivity contribution in [2.75, 3.05) is 23.5 Å². The van der Waals surface area contributed by atoms with Crippen LogP contribution in [0.15, 0.2) is 0 Å². The molecule has 0 fully saturated rings. The quantitative estimate of drug-likeness (QED) is 0.678. The van der Waals surface area contributed by atoms with E-state index in [4.69, 9.17) is 5.11 Å². The molecule has 0 aromatic carbocycles. The molecule has 7 heteroatoms. The van der Waals surface area contributed by atoms with E-state index in [2.05, 4.69) is 0 Å². The SMILES string of the molecule is CC(CS(=O)CCS(C)(=O)=O)C(=O)O. The lowest BCUT2D eigenvalue weighted by Gasteiger charge is -2.05. The third-order valence-electron chi connectivity index (χ3n) is 1.54. The van der Waals surface area contributed by atoms with E-state index in [0.29, 0.717) is 0 Å². The minimum atomic E-state index is -3.12. The monoisotopic (exact) mass is 242 g/mol. The van der Waals surface area contributed by atoms with Crippen molar-refractivity contribution in [2.24, 2.45) is 5.92 Å². The van der Waals surface area contributed by atoms with Crippen molar-refractivity contribution in [1.29, 1.82) is 0 Å². The van der Waals surface area contributed by atoms with Gasteiger partial charge in [-0.3, -0.25) is 9.00 Å². The zero-order chi connectivity index (χ0) is 11.4. The summed E-state index contributed by atoms with van der Waals surface area (Å²) in [7, 11) is -4.49. The first-order valence-electron chi connectivity index (χ1n) is 3.98. The molecule has 0 saturated heterocycles. The van der Waals surface area contributed by atoms with Crippen molar-refractivity contribution in [3.8, 4) is 0 Å². The van der Waals surface area contributed by atoms with Crippen LogP contribution in [0.1, 0.15) is 6.92 Å². The van der Waals surface area contributed by atoms with E-state index >= 15 is 0 Å². The maximum Gasteiger partial charge on any atom is 0.307 e. The second-order valence-electron chi connectivity index (χ2n) is 3.18. The lowest BCUT2D eigenvalue weighted by Crippen LogP contribution is -2.21. The average molecular weight is 242 g/mol. The molecule has 14 heavy (non-hydrogen) atoms. The number of rotatable bonds is 6. The molecule has 0 saturated carbocycles. The van der Waals surface area contributed by atoms with Crippen LogP contribution in [-0.2, 0) is 25.4 Å². The zero-order valence-electron chi connectivity index (χ0n) is 8.10. The Balaban J connectivity index is 3.95. The Morgan fingerprint density at radius 1 is 1.50 bits per heavy atom. The van der Waals surface area contributed by atoms with Crippen molar-refractivity contribution in [1.82, 2.24) is 0 Å². The Labute approximate surface area is 85.9 Å². The molecule has 5 nitrogen and oxygen atoms in total. The first kappa shape index (κ1) is 13.6. The minimum Gasteiger partial charge on any atom is -0.481 e. The molecule has 0 aliphatic heterocycles. The molecule has 0 aromatic rings. The molecule has 0 aliphatic rings. The van der Waals surface area contributed by atoms with E-state index in [1.165, 1.54) is 6.92 Å². The number of hydrogen-bond donors (Lipinski definition) is 1. The molecule has 0 aromatic heterocycles. The van der Waals surface area contributed by atoms with Gasteiger partial charge >= 0.3 is 5.97 Å². The van der Waals surface area contributed by atoms with Crippen LogP contribution in [0.4, 0.5) is 0 Å². The van der Waals surface area contributed by atoms with Crippen LogP contribution in [0.5, 0.6) is 0 Å². The molecule has 0 radical (unpaired) electrons. The largest absolute Gasteiger partial charge is 0.481 e. The summed E-state index contributed by atoms with van der Waals surface area (Å²) >= 11 is 0. The summed E-state index contributed by atoms with van der Waals surface area (Å²) in [5.74, 6) is -1.86. The standard InChI is InChI=1S/C7H14O5S2/c1-6(7(8)9)5-13(10)3-4-14(2,11)12/h6H,3-5H2,1-2H3,(H,8,9). The third-order valence-corrected chi connectivity index (χ3v) is 4.27. The minimum absolute atomic E-state index is 0.00481. The summed E-state index contributed by atoms with van der Waals surface area (Å²) in [5.41, 5.74) is 0. The van der Waals surface area contributed by atoms with Gasteiger partial charge in [0.25, 0.3) is 0 Å². The topological polar surface area (TPSA) is 88.5 Å². The van der Waals surface area contributed by atoms with Crippen LogP contribution in [-0.4, -0.2) is 47.2 Å². The summed E-state index contributed by atoms with van der Waals surface area (Å²) in [6.07, 6.45) is 1.06. The normalized spacial score (nSPS) is 16.1. The zero-order valence-corrected chi connectivity index (χ0v) is 9.73. The fourth-order valence-corrected chi connectivity index (χ4v) is 3.50. The molecule has 0 rings (SSSR count). The van der Waals surface area contributed by atoms with Gasteiger partial charge in [0.15, 0.2) is 0 Å². The maximum atomic E-state index is 11.2. The van der Waals surface area contributed by atoms with Crippen molar-refractivity contribution in [2.45, 2.75) is 6.92 Å². The number of hydrogen-bond acceptors (Lipinski definition) is 4. The van der Waals surface area contributed by atoms with Gasteiger partial charge in [0.1, 0.15) is 9.84 Å². The smallest absolute Gasteiger partial charge is 0.307 e. The van der Waals surface area contributed by atoms with Gasteiger partial charge in [0.2, 0.25) is 0 Å². The predicted octanol–water partition coefficient (Wildman–Crippen LogP) is -0.500. The molecule has 0 amide bonds. The van der Waals surface area contributed by atoms with E-state index in [9.17, 15) is 17.4 Å². The third kappa shape index (κ3) is 7.02. The molecule has 0 spiro atoms. The Bertz CT molecular complexity index is 319. The van der Waals surface area contributed by atoms with Crippen molar-refractivity contribution in [3.63, 3.8) is 0 Å². The first-order chi connectivity index (χ1) is 6.22. The fraction of sp³-hybridized carbons (Fsp3) is 0.857. The van der Waals surface area contributed by atoms with Crippen molar-refractivity contribution in [3.05, 3.63) is 0 Å². The number of carbonyl (C=O) groups is 1. The summed E-state index contributed by atoms with van der Waals surface area (Å²) in [6.45, 7) is 1.45. The van der Waals surface area contributed by atoms with E-state index in [-0.39, 0.29) is 17.3 Å². The molecule has 0 aliphatic carbocycles. The molecule has 0 bridgehead atoms. The summed E-state index contributed by atoms with van der Waals surface area (Å²) in [5, 5.41) is 8.51. The van der Waals surface area contributed by atoms with E-state index in [0.717, 1.165) is 6.26 Å². The van der Waals surface area contributed by atoms with Gasteiger partial charge < -0.3 is 5.11 Å². The van der Waals surface area contributed by atoms with Crippen molar-refractivity contribution >= 4 is 26.6 Å². The van der Waals surface area contributed by atoms with Crippen LogP contribution in [0.3, 0.4) is 0 Å². The molecule has 0 heterocycles. The van der Waals surface area contributed by atoms with Gasteiger partial charge in [-0.05, 0) is 0 Å². The number of sulfone groups is 1. The van der Waals surface area contributed by atoms with Gasteiger partial charge in [-0.1, -0.05) is 6.92 Å². The predicted molar refractivity (Wildman–Crippen MR) is 54.4 cm³/mol. The van der Waals surface area contributed by atoms with Crippen molar-refractivity contribution < 1.29 is 22.5 Å². The van der Waals surface area contributed by atoms with E-state index in [1.54, 1.807) is 0 Å². The molecule has 1 N–H and O–H groups in total. The first-order valence-corrected chi connectivity index (χ1v) is 7.52. The Kier molecular flexibility index (Phi) is 5.28. The van der Waals surface area contributed by atoms with Crippen LogP contribution >= 0.6 is 0 Å². The Hall–Kier alpha value is -0.430. The van der Waals surface area contributed by atoms with Crippen LogP contribution in [0.2, 0.25) is 0 Å². The highest BCUT2D eigenvalue weighted by molar-refractivity contribution is 7.92. The highest BCUT2D eigenvalue weighted by Gasteiger charge is 2.15. The van der Waals surface area contributed by atoms with E-state index in [1.807, 2.05) is 0 Å². The van der Waals surface area contributed by atoms with Gasteiger partial charge in [-0.25, -0.2) is 8.42 Å². The summed E-state index contributed by atoms with van der Waals surface area (Å²) in [6, 6.07) is 0. The fourth-order valence-electron chi connectivity index (χ4n) is 0.678. The summed E-state index contributed by atoms with van der Waals surface area (Å²) < 4.78 is 32.6. The lowest BCUT2D eigenvalue weighted by molar-refractivity contribution is -0.140. The van der Waals surface area contributed by atoms with Crippen LogP contribution in [0, 0.1) is 5.92 Å². The number of carboxylic acids is 1. The average Bonchev–Trinajstić information content (AvgIpc) is 1.99. The Morgan fingerprint density at radius 2 is 2.00 bits per heavy atom. The highest BCUT2D eigenvalue weighted by atomic mass is 32.2.